The van der Waals surface area contributed by atoms with Crippen LogP contribution in [-0.4, -0.2) is 29.5 Å². The summed E-state index contributed by atoms with van der Waals surface area (Å²) in [5.74, 6) is 0. The van der Waals surface area contributed by atoms with E-state index in [4.69, 9.17) is 21.8 Å². The van der Waals surface area contributed by atoms with Gasteiger partial charge in [0.2, 0.25) is 0 Å². The van der Waals surface area contributed by atoms with Crippen molar-refractivity contribution in [2.45, 2.75) is 19.1 Å². The Morgan fingerprint density at radius 2 is 2.29 bits per heavy atom. The molecule has 2 atom stereocenters. The number of rotatable bonds is 5. The van der Waals surface area contributed by atoms with Crippen molar-refractivity contribution < 1.29 is 10.2 Å². The van der Waals surface area contributed by atoms with Crippen LogP contribution in [0.1, 0.15) is 17.8 Å². The van der Waals surface area contributed by atoms with Crippen LogP contribution < -0.4 is 5.32 Å². The van der Waals surface area contributed by atoms with E-state index in [0.29, 0.717) is 6.54 Å². The first-order valence-corrected chi connectivity index (χ1v) is 5.60. The maximum atomic E-state index is 9.12. The molecule has 0 bridgehead atoms. The van der Waals surface area contributed by atoms with Gasteiger partial charge in [-0.2, -0.15) is 0 Å². The van der Waals surface area contributed by atoms with E-state index in [-0.39, 0.29) is 12.6 Å². The Labute approximate surface area is 92.3 Å². The van der Waals surface area contributed by atoms with Crippen molar-refractivity contribution in [1.82, 2.24) is 5.32 Å². The first-order valence-electron chi connectivity index (χ1n) is 4.41. The van der Waals surface area contributed by atoms with Crippen molar-refractivity contribution in [2.24, 2.45) is 0 Å². The molecule has 3 nitrogen and oxygen atoms in total. The quantitative estimate of drug-likeness (QED) is 0.723. The molecule has 0 aliphatic heterocycles. The highest BCUT2D eigenvalue weighted by molar-refractivity contribution is 7.16. The van der Waals surface area contributed by atoms with Gasteiger partial charge in [0.15, 0.2) is 0 Å². The summed E-state index contributed by atoms with van der Waals surface area (Å²) in [5, 5.41) is 20.8. The summed E-state index contributed by atoms with van der Waals surface area (Å²) < 4.78 is 0.761. The van der Waals surface area contributed by atoms with Crippen molar-refractivity contribution in [1.29, 1.82) is 0 Å². The first kappa shape index (κ1) is 11.9. The van der Waals surface area contributed by atoms with Gasteiger partial charge < -0.3 is 15.5 Å². The number of hydrogen-bond acceptors (Lipinski definition) is 4. The van der Waals surface area contributed by atoms with Crippen molar-refractivity contribution in [3.05, 3.63) is 21.3 Å². The van der Waals surface area contributed by atoms with Crippen LogP contribution in [-0.2, 0) is 0 Å². The van der Waals surface area contributed by atoms with Gasteiger partial charge in [-0.15, -0.1) is 11.3 Å². The van der Waals surface area contributed by atoms with E-state index < -0.39 is 6.10 Å². The van der Waals surface area contributed by atoms with E-state index in [0.717, 1.165) is 9.21 Å². The largest absolute Gasteiger partial charge is 0.394 e. The minimum Gasteiger partial charge on any atom is -0.394 e. The van der Waals surface area contributed by atoms with Crippen LogP contribution in [0.3, 0.4) is 0 Å². The lowest BCUT2D eigenvalue weighted by atomic mass is 10.2. The lowest BCUT2D eigenvalue weighted by molar-refractivity contribution is 0.0925. The smallest absolute Gasteiger partial charge is 0.0931 e. The molecule has 0 fully saturated rings. The molecule has 0 amide bonds. The van der Waals surface area contributed by atoms with Gasteiger partial charge in [-0.1, -0.05) is 11.6 Å². The Bertz CT molecular complexity index is 280. The molecule has 1 unspecified atom stereocenters. The second kappa shape index (κ2) is 5.68. The average molecular weight is 236 g/mol. The Hall–Kier alpha value is -0.130. The van der Waals surface area contributed by atoms with E-state index in [2.05, 4.69) is 5.32 Å². The fraction of sp³-hybridized carbons (Fsp3) is 0.556. The normalized spacial score (nSPS) is 15.4. The molecule has 1 heterocycles. The molecule has 0 radical (unpaired) electrons. The zero-order valence-electron chi connectivity index (χ0n) is 7.90. The molecule has 14 heavy (non-hydrogen) atoms. The summed E-state index contributed by atoms with van der Waals surface area (Å²) >= 11 is 7.31. The van der Waals surface area contributed by atoms with Crippen molar-refractivity contribution in [3.8, 4) is 0 Å². The topological polar surface area (TPSA) is 52.5 Å². The third-order valence-corrected chi connectivity index (χ3v) is 3.31. The van der Waals surface area contributed by atoms with Gasteiger partial charge in [-0.25, -0.2) is 0 Å². The predicted molar refractivity (Wildman–Crippen MR) is 58.8 cm³/mol. The van der Waals surface area contributed by atoms with Crippen molar-refractivity contribution in [2.75, 3.05) is 13.2 Å². The molecular weight excluding hydrogens is 222 g/mol. The summed E-state index contributed by atoms with van der Waals surface area (Å²) in [6.07, 6.45) is -0.701. The van der Waals surface area contributed by atoms with Gasteiger partial charge in [0, 0.05) is 17.5 Å². The van der Waals surface area contributed by atoms with E-state index in [1.54, 1.807) is 0 Å². The Kier molecular flexibility index (Phi) is 4.84. The van der Waals surface area contributed by atoms with Crippen LogP contribution in [0, 0.1) is 0 Å². The molecule has 80 valence electrons. The molecule has 1 rings (SSSR count). The molecule has 1 aromatic rings. The fourth-order valence-corrected chi connectivity index (χ4v) is 2.13. The van der Waals surface area contributed by atoms with E-state index in [1.165, 1.54) is 11.3 Å². The second-order valence-electron chi connectivity index (χ2n) is 3.11. The van der Waals surface area contributed by atoms with E-state index >= 15 is 0 Å². The van der Waals surface area contributed by atoms with Crippen molar-refractivity contribution >= 4 is 22.9 Å². The zero-order chi connectivity index (χ0) is 10.6. The molecule has 0 saturated carbocycles. The van der Waals surface area contributed by atoms with Crippen LogP contribution in [0.5, 0.6) is 0 Å². The summed E-state index contributed by atoms with van der Waals surface area (Å²) in [5.41, 5.74) is 0. The maximum absolute atomic E-state index is 9.12. The summed E-state index contributed by atoms with van der Waals surface area (Å²) in [7, 11) is 0. The molecule has 0 saturated heterocycles. The molecule has 0 aliphatic rings. The van der Waals surface area contributed by atoms with Crippen LogP contribution in [0.4, 0.5) is 0 Å². The number of hydrogen-bond donors (Lipinski definition) is 3. The highest BCUT2D eigenvalue weighted by atomic mass is 35.5. The minimum absolute atomic E-state index is 0.147. The Morgan fingerprint density at radius 3 is 2.79 bits per heavy atom. The number of aliphatic hydroxyl groups excluding tert-OH is 2. The third kappa shape index (κ3) is 3.55. The van der Waals surface area contributed by atoms with Gasteiger partial charge in [0.25, 0.3) is 0 Å². The van der Waals surface area contributed by atoms with Gasteiger partial charge in [0.1, 0.15) is 0 Å². The molecular formula is C9H14ClNO2S. The van der Waals surface area contributed by atoms with E-state index in [9.17, 15) is 0 Å². The second-order valence-corrected chi connectivity index (χ2v) is 4.85. The summed E-state index contributed by atoms with van der Waals surface area (Å²) in [6.45, 7) is 2.16. The molecule has 3 N–H and O–H groups in total. The lowest BCUT2D eigenvalue weighted by Crippen LogP contribution is -2.30. The van der Waals surface area contributed by atoms with E-state index in [1.807, 2.05) is 19.1 Å². The summed E-state index contributed by atoms with van der Waals surface area (Å²) in [6, 6.07) is 3.95. The predicted octanol–water partition coefficient (Wildman–Crippen LogP) is 1.41. The maximum Gasteiger partial charge on any atom is 0.0931 e. The number of halogens is 1. The monoisotopic (exact) mass is 235 g/mol. The molecule has 5 heteroatoms. The Morgan fingerprint density at radius 1 is 1.57 bits per heavy atom. The standard InChI is InChI=1S/C9H14ClNO2S/c1-6(11-4-7(13)5-12)8-2-3-9(10)14-8/h2-3,6-7,11-13H,4-5H2,1H3/t6?,7-/m0/s1. The molecule has 0 spiro atoms. The van der Waals surface area contributed by atoms with Crippen LogP contribution in [0.15, 0.2) is 12.1 Å². The SMILES string of the molecule is CC(NC[C@H](O)CO)c1ccc(Cl)s1. The number of nitrogens with one attached hydrogen (secondary N) is 1. The van der Waals surface area contributed by atoms with Crippen LogP contribution >= 0.6 is 22.9 Å². The number of thiophene rings is 1. The van der Waals surface area contributed by atoms with Gasteiger partial charge in [0.05, 0.1) is 17.0 Å². The Balaban J connectivity index is 2.39. The molecule has 1 aromatic heterocycles. The minimum atomic E-state index is -0.701. The number of aliphatic hydroxyl groups is 2. The summed E-state index contributed by atoms with van der Waals surface area (Å²) in [4.78, 5) is 1.13. The van der Waals surface area contributed by atoms with Crippen LogP contribution in [0.25, 0.3) is 0 Å². The van der Waals surface area contributed by atoms with Gasteiger partial charge in [-0.3, -0.25) is 0 Å². The fourth-order valence-electron chi connectivity index (χ4n) is 1.04. The zero-order valence-corrected chi connectivity index (χ0v) is 9.48. The third-order valence-electron chi connectivity index (χ3n) is 1.89. The first-order chi connectivity index (χ1) is 6.63. The van der Waals surface area contributed by atoms with Gasteiger partial charge >= 0.3 is 0 Å². The van der Waals surface area contributed by atoms with Crippen molar-refractivity contribution in [3.63, 3.8) is 0 Å². The highest BCUT2D eigenvalue weighted by Crippen LogP contribution is 2.26. The average Bonchev–Trinajstić information content (AvgIpc) is 2.60. The highest BCUT2D eigenvalue weighted by Gasteiger charge is 2.09. The van der Waals surface area contributed by atoms with Gasteiger partial charge in [-0.05, 0) is 19.1 Å². The van der Waals surface area contributed by atoms with Crippen LogP contribution in [0.2, 0.25) is 4.34 Å². The molecule has 0 aromatic carbocycles. The lowest BCUT2D eigenvalue weighted by Gasteiger charge is -2.14. The molecule has 0 aliphatic carbocycles.